The van der Waals surface area contributed by atoms with Crippen LogP contribution in [0.2, 0.25) is 0 Å². The van der Waals surface area contributed by atoms with Gasteiger partial charge in [-0.3, -0.25) is 0 Å². The van der Waals surface area contributed by atoms with Crippen LogP contribution in [0.1, 0.15) is 63.1 Å². The van der Waals surface area contributed by atoms with Crippen LogP contribution in [0.4, 0.5) is 0 Å². The molecule has 0 atom stereocenters. The highest BCUT2D eigenvalue weighted by molar-refractivity contribution is 6.00. The Labute approximate surface area is 361 Å². The van der Waals surface area contributed by atoms with E-state index in [-0.39, 0.29) is 5.41 Å². The van der Waals surface area contributed by atoms with Gasteiger partial charge in [-0.25, -0.2) is 4.98 Å². The molecule has 1 aliphatic carbocycles. The number of aryl methyl sites for hydroxylation is 1. The lowest BCUT2D eigenvalue weighted by Crippen LogP contribution is -2.14. The largest absolute Gasteiger partial charge is 0.248 e. The normalized spacial score (nSPS) is 12.6. The van der Waals surface area contributed by atoms with Crippen LogP contribution >= 0.6 is 0 Å². The Hall–Kier alpha value is -6.83. The van der Waals surface area contributed by atoms with Gasteiger partial charge in [0.25, 0.3) is 0 Å². The zero-order valence-electron chi connectivity index (χ0n) is 35.5. The minimum atomic E-state index is -0.0883. The summed E-state index contributed by atoms with van der Waals surface area (Å²) in [7, 11) is 0. The van der Waals surface area contributed by atoms with E-state index in [1.165, 1.54) is 109 Å². The number of unbranched alkanes of at least 4 members (excludes halogenated alkanes) is 3. The van der Waals surface area contributed by atoms with Crippen molar-refractivity contribution in [1.29, 1.82) is 0 Å². The Morgan fingerprint density at radius 2 is 0.934 bits per heavy atom. The SMILES string of the molecule is CCCCCCc1cccc(-c2cccc(-c3cccc(-c4cccc(-c5cc(-c6ccc7c(c6)C(C)(C)c6ccccc6-7)nc6ccc(-c7ccccc7)cc56)c4)c3)c2)c1. The van der Waals surface area contributed by atoms with Gasteiger partial charge in [0.15, 0.2) is 0 Å². The molecule has 10 rings (SSSR count). The Morgan fingerprint density at radius 1 is 0.377 bits per heavy atom. The number of hydrogen-bond donors (Lipinski definition) is 0. The van der Waals surface area contributed by atoms with Crippen molar-refractivity contribution in [1.82, 2.24) is 4.98 Å². The molecule has 1 nitrogen and oxygen atoms in total. The third kappa shape index (κ3) is 7.51. The van der Waals surface area contributed by atoms with Crippen LogP contribution in [0.15, 0.2) is 194 Å². The van der Waals surface area contributed by atoms with E-state index in [1.807, 2.05) is 0 Å². The molecule has 0 radical (unpaired) electrons. The highest BCUT2D eigenvalue weighted by Crippen LogP contribution is 2.50. The second-order valence-electron chi connectivity index (χ2n) is 17.3. The highest BCUT2D eigenvalue weighted by Gasteiger charge is 2.35. The second-order valence-corrected chi connectivity index (χ2v) is 17.3. The van der Waals surface area contributed by atoms with Gasteiger partial charge in [-0.1, -0.05) is 192 Å². The average Bonchev–Trinajstić information content (AvgIpc) is 3.55. The summed E-state index contributed by atoms with van der Waals surface area (Å²) in [6, 6.07) is 71.7. The van der Waals surface area contributed by atoms with Crippen molar-refractivity contribution in [3.8, 4) is 78.0 Å². The zero-order chi connectivity index (χ0) is 41.3. The maximum atomic E-state index is 5.37. The fourth-order valence-electron chi connectivity index (χ4n) is 9.57. The van der Waals surface area contributed by atoms with Crippen molar-refractivity contribution < 1.29 is 0 Å². The number of fused-ring (bicyclic) bond motifs is 4. The van der Waals surface area contributed by atoms with Crippen molar-refractivity contribution >= 4 is 10.9 Å². The molecule has 0 N–H and O–H groups in total. The molecule has 0 amide bonds. The molecule has 1 heteroatoms. The topological polar surface area (TPSA) is 12.9 Å². The van der Waals surface area contributed by atoms with Gasteiger partial charge < -0.3 is 0 Å². The Bertz CT molecular complexity index is 3040. The molecule has 0 spiro atoms. The molecule has 0 unspecified atom stereocenters. The van der Waals surface area contributed by atoms with Crippen molar-refractivity contribution in [2.45, 2.75) is 58.3 Å². The van der Waals surface area contributed by atoms with E-state index in [9.17, 15) is 0 Å². The van der Waals surface area contributed by atoms with E-state index < -0.39 is 0 Å². The van der Waals surface area contributed by atoms with E-state index in [2.05, 4.69) is 215 Å². The molecule has 1 heterocycles. The predicted molar refractivity (Wildman–Crippen MR) is 260 cm³/mol. The van der Waals surface area contributed by atoms with E-state index >= 15 is 0 Å². The predicted octanol–water partition coefficient (Wildman–Crippen LogP) is 16.7. The number of pyridine rings is 1. The maximum Gasteiger partial charge on any atom is 0.0716 e. The lowest BCUT2D eigenvalue weighted by molar-refractivity contribution is 0.660. The maximum absolute atomic E-state index is 5.37. The van der Waals surface area contributed by atoms with Crippen molar-refractivity contribution in [3.05, 3.63) is 211 Å². The summed E-state index contributed by atoms with van der Waals surface area (Å²) >= 11 is 0. The van der Waals surface area contributed by atoms with Crippen molar-refractivity contribution in [3.63, 3.8) is 0 Å². The number of aromatic nitrogens is 1. The molecule has 296 valence electrons. The first-order valence-electron chi connectivity index (χ1n) is 22.1. The molecule has 0 aliphatic heterocycles. The average molecular weight is 786 g/mol. The van der Waals surface area contributed by atoms with E-state index in [1.54, 1.807) is 0 Å². The first-order chi connectivity index (χ1) is 29.9. The van der Waals surface area contributed by atoms with Crippen LogP contribution in [0.5, 0.6) is 0 Å². The second kappa shape index (κ2) is 16.3. The molecule has 0 saturated heterocycles. The molecule has 1 aromatic heterocycles. The zero-order valence-corrected chi connectivity index (χ0v) is 35.5. The van der Waals surface area contributed by atoms with Crippen LogP contribution in [0.25, 0.3) is 88.9 Å². The highest BCUT2D eigenvalue weighted by atomic mass is 14.7. The summed E-state index contributed by atoms with van der Waals surface area (Å²) in [5, 5.41) is 1.15. The summed E-state index contributed by atoms with van der Waals surface area (Å²) in [5.41, 5.74) is 21.9. The molecule has 61 heavy (non-hydrogen) atoms. The van der Waals surface area contributed by atoms with Gasteiger partial charge in [0.05, 0.1) is 11.2 Å². The first-order valence-corrected chi connectivity index (χ1v) is 22.1. The van der Waals surface area contributed by atoms with Gasteiger partial charge in [-0.15, -0.1) is 0 Å². The van der Waals surface area contributed by atoms with Gasteiger partial charge in [0.1, 0.15) is 0 Å². The summed E-state index contributed by atoms with van der Waals surface area (Å²) in [6.07, 6.45) is 6.27. The minimum absolute atomic E-state index is 0.0883. The van der Waals surface area contributed by atoms with E-state index in [0.29, 0.717) is 0 Å². The van der Waals surface area contributed by atoms with Crippen LogP contribution in [-0.4, -0.2) is 4.98 Å². The van der Waals surface area contributed by atoms with Crippen LogP contribution < -0.4 is 0 Å². The van der Waals surface area contributed by atoms with Gasteiger partial charge in [0.2, 0.25) is 0 Å². The summed E-state index contributed by atoms with van der Waals surface area (Å²) in [5.74, 6) is 0. The lowest BCUT2D eigenvalue weighted by Gasteiger charge is -2.22. The molecular weight excluding hydrogens is 735 g/mol. The number of nitrogens with zero attached hydrogens (tertiary/aromatic N) is 1. The summed E-state index contributed by atoms with van der Waals surface area (Å²) in [6.45, 7) is 6.96. The number of hydrogen-bond acceptors (Lipinski definition) is 1. The van der Waals surface area contributed by atoms with Crippen molar-refractivity contribution in [2.24, 2.45) is 0 Å². The number of rotatable bonds is 11. The first kappa shape index (κ1) is 38.4. The smallest absolute Gasteiger partial charge is 0.0716 e. The Morgan fingerprint density at radius 3 is 1.64 bits per heavy atom. The lowest BCUT2D eigenvalue weighted by atomic mass is 9.82. The van der Waals surface area contributed by atoms with Crippen LogP contribution in [0, 0.1) is 0 Å². The van der Waals surface area contributed by atoms with E-state index in [4.69, 9.17) is 4.98 Å². The Kier molecular flexibility index (Phi) is 10.3. The molecule has 0 bridgehead atoms. The third-order valence-electron chi connectivity index (χ3n) is 12.9. The molecule has 0 saturated carbocycles. The molecule has 9 aromatic rings. The summed E-state index contributed by atoms with van der Waals surface area (Å²) < 4.78 is 0. The fourth-order valence-corrected chi connectivity index (χ4v) is 9.57. The van der Waals surface area contributed by atoms with Gasteiger partial charge >= 0.3 is 0 Å². The van der Waals surface area contributed by atoms with E-state index in [0.717, 1.165) is 28.6 Å². The molecule has 8 aromatic carbocycles. The summed E-state index contributed by atoms with van der Waals surface area (Å²) in [4.78, 5) is 5.37. The Balaban J connectivity index is 1.03. The molecule has 1 aliphatic rings. The van der Waals surface area contributed by atoms with Gasteiger partial charge in [-0.2, -0.15) is 0 Å². The minimum Gasteiger partial charge on any atom is -0.248 e. The van der Waals surface area contributed by atoms with Crippen LogP contribution in [-0.2, 0) is 11.8 Å². The number of benzene rings is 8. The third-order valence-corrected chi connectivity index (χ3v) is 12.9. The van der Waals surface area contributed by atoms with Crippen molar-refractivity contribution in [2.75, 3.05) is 0 Å². The molecule has 0 fully saturated rings. The van der Waals surface area contributed by atoms with Gasteiger partial charge in [-0.05, 0) is 139 Å². The monoisotopic (exact) mass is 785 g/mol. The quantitative estimate of drug-likeness (QED) is 0.119. The fraction of sp³-hybridized carbons (Fsp3) is 0.150. The standard InChI is InChI=1S/C60H51N/c1-4-5-6-8-17-41-18-13-21-43(34-41)44-22-14-23-45(35-44)46-24-15-25-47(36-46)48-26-16-27-50(37-48)54-40-59(61-58-33-31-49(38-55(54)58)42-19-9-7-10-20-42)51-30-32-53-52-28-11-12-29-56(52)60(2,3)57(53)39-51/h7,9-16,18-40H,4-6,8,17H2,1-3H3. The molecular formula is C60H51N. The van der Waals surface area contributed by atoms with Crippen LogP contribution in [0.3, 0.4) is 0 Å². The van der Waals surface area contributed by atoms with Gasteiger partial charge in [0, 0.05) is 16.4 Å².